The van der Waals surface area contributed by atoms with Gasteiger partial charge in [-0.05, 0) is 23.1 Å². The highest BCUT2D eigenvalue weighted by atomic mass is 19.4. The fourth-order valence-electron chi connectivity index (χ4n) is 2.10. The Hall–Kier alpha value is -2.35. The molecule has 0 fully saturated rings. The van der Waals surface area contributed by atoms with Gasteiger partial charge in [0.1, 0.15) is 5.82 Å². The molecule has 0 unspecified atom stereocenters. The molecule has 3 N–H and O–H groups in total. The van der Waals surface area contributed by atoms with Crippen molar-refractivity contribution in [2.24, 2.45) is 0 Å². The van der Waals surface area contributed by atoms with Crippen LogP contribution in [0.4, 0.5) is 30.6 Å². The predicted octanol–water partition coefficient (Wildman–Crippen LogP) is 3.94. The number of benzene rings is 1. The molecule has 0 aliphatic heterocycles. The van der Waals surface area contributed by atoms with E-state index in [0.717, 1.165) is 11.6 Å². The minimum atomic E-state index is -4.59. The van der Waals surface area contributed by atoms with Crippen molar-refractivity contribution < 1.29 is 18.3 Å². The fraction of sp³-hybridized carbons (Fsp3) is 0.412. The lowest BCUT2D eigenvalue weighted by molar-refractivity contribution is -0.141. The first-order valence-electron chi connectivity index (χ1n) is 7.78. The summed E-state index contributed by atoms with van der Waals surface area (Å²) >= 11 is 0. The maximum absolute atomic E-state index is 13.0. The summed E-state index contributed by atoms with van der Waals surface area (Å²) in [5.41, 5.74) is 0.657. The van der Waals surface area contributed by atoms with Crippen LogP contribution in [-0.2, 0) is 11.6 Å². The molecule has 0 radical (unpaired) electrons. The lowest BCUT2D eigenvalue weighted by Gasteiger charge is -2.19. The van der Waals surface area contributed by atoms with Crippen molar-refractivity contribution in [3.8, 4) is 0 Å². The van der Waals surface area contributed by atoms with Gasteiger partial charge in [-0.15, -0.1) is 0 Å². The first-order chi connectivity index (χ1) is 11.6. The van der Waals surface area contributed by atoms with E-state index in [-0.39, 0.29) is 30.3 Å². The molecular weight excluding hydrogens is 333 g/mol. The second-order valence-corrected chi connectivity index (χ2v) is 6.56. The number of nitrogens with zero attached hydrogens (tertiary/aromatic N) is 2. The first-order valence-corrected chi connectivity index (χ1v) is 7.78. The summed E-state index contributed by atoms with van der Waals surface area (Å²) < 4.78 is 39.0. The minimum absolute atomic E-state index is 0.0156. The van der Waals surface area contributed by atoms with Crippen LogP contribution in [0.2, 0.25) is 0 Å². The van der Waals surface area contributed by atoms with E-state index in [4.69, 9.17) is 5.11 Å². The maximum Gasteiger partial charge on any atom is 0.433 e. The molecule has 0 saturated carbocycles. The number of aliphatic hydroxyl groups excluding tert-OH is 1. The molecule has 8 heteroatoms. The molecule has 136 valence electrons. The van der Waals surface area contributed by atoms with Gasteiger partial charge in [0.2, 0.25) is 5.95 Å². The van der Waals surface area contributed by atoms with Crippen molar-refractivity contribution in [3.63, 3.8) is 0 Å². The third-order valence-electron chi connectivity index (χ3n) is 3.43. The Bertz CT molecular complexity index is 709. The smallest absolute Gasteiger partial charge is 0.395 e. The summed E-state index contributed by atoms with van der Waals surface area (Å²) in [5.74, 6) is -0.177. The van der Waals surface area contributed by atoms with Crippen LogP contribution in [0.15, 0.2) is 30.3 Å². The summed E-state index contributed by atoms with van der Waals surface area (Å²) in [6.45, 7) is 6.05. The number of hydrogen-bond acceptors (Lipinski definition) is 5. The van der Waals surface area contributed by atoms with Crippen LogP contribution >= 0.6 is 0 Å². The third-order valence-corrected chi connectivity index (χ3v) is 3.43. The molecule has 0 atom stereocenters. The number of halogens is 3. The molecule has 1 aromatic heterocycles. The number of anilines is 3. The van der Waals surface area contributed by atoms with Gasteiger partial charge >= 0.3 is 6.18 Å². The highest BCUT2D eigenvalue weighted by Gasteiger charge is 2.33. The number of hydrogen-bond donors (Lipinski definition) is 3. The van der Waals surface area contributed by atoms with E-state index in [0.29, 0.717) is 5.69 Å². The standard InChI is InChI=1S/C17H21F3N4O/c1-16(2,3)11-4-6-12(7-5-11)22-14-10-13(17(18,19)20)23-15(24-14)21-8-9-25/h4-7,10,25H,8-9H2,1-3H3,(H2,21,22,23,24). The van der Waals surface area contributed by atoms with Crippen molar-refractivity contribution >= 4 is 17.5 Å². The quantitative estimate of drug-likeness (QED) is 0.759. The van der Waals surface area contributed by atoms with Gasteiger partial charge in [-0.2, -0.15) is 18.2 Å². The van der Waals surface area contributed by atoms with E-state index < -0.39 is 11.9 Å². The highest BCUT2D eigenvalue weighted by molar-refractivity contribution is 5.58. The van der Waals surface area contributed by atoms with Crippen molar-refractivity contribution in [2.75, 3.05) is 23.8 Å². The van der Waals surface area contributed by atoms with Crippen LogP contribution in [0.1, 0.15) is 32.0 Å². The summed E-state index contributed by atoms with van der Waals surface area (Å²) in [5, 5.41) is 14.2. The third kappa shape index (κ3) is 5.32. The Balaban J connectivity index is 2.28. The number of aromatic nitrogens is 2. The monoisotopic (exact) mass is 354 g/mol. The average molecular weight is 354 g/mol. The minimum Gasteiger partial charge on any atom is -0.395 e. The van der Waals surface area contributed by atoms with Gasteiger partial charge in [0.25, 0.3) is 0 Å². The second-order valence-electron chi connectivity index (χ2n) is 6.56. The number of aliphatic hydroxyl groups is 1. The molecule has 0 bridgehead atoms. The molecule has 0 saturated heterocycles. The lowest BCUT2D eigenvalue weighted by Crippen LogP contribution is -2.15. The summed E-state index contributed by atoms with van der Waals surface area (Å²) in [4.78, 5) is 7.44. The number of nitrogens with one attached hydrogen (secondary N) is 2. The molecule has 0 aliphatic carbocycles. The Kier molecular flexibility index (Phi) is 5.52. The number of alkyl halides is 3. The van der Waals surface area contributed by atoms with Crippen LogP contribution in [0.5, 0.6) is 0 Å². The number of rotatable bonds is 5. The maximum atomic E-state index is 13.0. The van der Waals surface area contributed by atoms with Gasteiger partial charge in [-0.25, -0.2) is 4.98 Å². The summed E-state index contributed by atoms with van der Waals surface area (Å²) in [6, 6.07) is 8.26. The topological polar surface area (TPSA) is 70.1 Å². The average Bonchev–Trinajstić information content (AvgIpc) is 2.51. The van der Waals surface area contributed by atoms with Crippen LogP contribution in [-0.4, -0.2) is 28.2 Å². The van der Waals surface area contributed by atoms with Crippen LogP contribution in [0.25, 0.3) is 0 Å². The fourth-order valence-corrected chi connectivity index (χ4v) is 2.10. The van der Waals surface area contributed by atoms with Crippen LogP contribution in [0.3, 0.4) is 0 Å². The Morgan fingerprint density at radius 2 is 1.68 bits per heavy atom. The molecule has 0 amide bonds. The van der Waals surface area contributed by atoms with Crippen molar-refractivity contribution in [3.05, 3.63) is 41.6 Å². The zero-order chi connectivity index (χ0) is 18.7. The predicted molar refractivity (Wildman–Crippen MR) is 91.0 cm³/mol. The SMILES string of the molecule is CC(C)(C)c1ccc(Nc2cc(C(F)(F)F)nc(NCCO)n2)cc1. The van der Waals surface area contributed by atoms with E-state index in [1.54, 1.807) is 12.1 Å². The lowest BCUT2D eigenvalue weighted by atomic mass is 9.87. The van der Waals surface area contributed by atoms with E-state index in [9.17, 15) is 13.2 Å². The van der Waals surface area contributed by atoms with Crippen LogP contribution < -0.4 is 10.6 Å². The molecule has 2 aromatic rings. The summed E-state index contributed by atoms with van der Waals surface area (Å²) in [6.07, 6.45) is -4.59. The summed E-state index contributed by atoms with van der Waals surface area (Å²) in [7, 11) is 0. The van der Waals surface area contributed by atoms with Crippen LogP contribution in [0, 0.1) is 0 Å². The van der Waals surface area contributed by atoms with E-state index in [1.807, 2.05) is 12.1 Å². The Morgan fingerprint density at radius 3 is 2.20 bits per heavy atom. The van der Waals surface area contributed by atoms with Gasteiger partial charge in [-0.3, -0.25) is 0 Å². The van der Waals surface area contributed by atoms with Gasteiger partial charge < -0.3 is 15.7 Å². The van der Waals surface area contributed by atoms with E-state index in [1.165, 1.54) is 0 Å². The highest BCUT2D eigenvalue weighted by Crippen LogP contribution is 2.31. The zero-order valence-corrected chi connectivity index (χ0v) is 14.3. The molecule has 2 rings (SSSR count). The Morgan fingerprint density at radius 1 is 1.04 bits per heavy atom. The van der Waals surface area contributed by atoms with Gasteiger partial charge in [0.05, 0.1) is 6.61 Å². The van der Waals surface area contributed by atoms with Crippen molar-refractivity contribution in [2.45, 2.75) is 32.4 Å². The van der Waals surface area contributed by atoms with E-state index in [2.05, 4.69) is 41.4 Å². The second kappa shape index (κ2) is 7.26. The molecule has 1 heterocycles. The molecule has 1 aromatic carbocycles. The largest absolute Gasteiger partial charge is 0.433 e. The van der Waals surface area contributed by atoms with E-state index >= 15 is 0 Å². The molecule has 0 aliphatic rings. The zero-order valence-electron chi connectivity index (χ0n) is 14.3. The first kappa shape index (κ1) is 19.0. The molecule has 25 heavy (non-hydrogen) atoms. The normalized spacial score (nSPS) is 12.1. The molecule has 5 nitrogen and oxygen atoms in total. The Labute approximate surface area is 144 Å². The van der Waals surface area contributed by atoms with Gasteiger partial charge in [0.15, 0.2) is 5.69 Å². The van der Waals surface area contributed by atoms with Crippen molar-refractivity contribution in [1.82, 2.24) is 9.97 Å². The molecular formula is C17H21F3N4O. The van der Waals surface area contributed by atoms with Gasteiger partial charge in [-0.1, -0.05) is 32.9 Å². The van der Waals surface area contributed by atoms with Crippen molar-refractivity contribution in [1.29, 1.82) is 0 Å². The molecule has 0 spiro atoms. The van der Waals surface area contributed by atoms with Gasteiger partial charge in [0, 0.05) is 18.3 Å².